The van der Waals surface area contributed by atoms with E-state index in [1.54, 1.807) is 12.1 Å². The van der Waals surface area contributed by atoms with Crippen LogP contribution in [-0.4, -0.2) is 35.9 Å². The number of amides is 1. The van der Waals surface area contributed by atoms with Crippen LogP contribution >= 0.6 is 0 Å². The quantitative estimate of drug-likeness (QED) is 0.755. The number of aromatic nitrogens is 2. The zero-order valence-corrected chi connectivity index (χ0v) is 13.9. The van der Waals surface area contributed by atoms with E-state index < -0.39 is 0 Å². The molecule has 3 N–H and O–H groups in total. The van der Waals surface area contributed by atoms with Crippen molar-refractivity contribution < 1.29 is 14.3 Å². The fraction of sp³-hybridized carbons (Fsp3) is 0.412. The summed E-state index contributed by atoms with van der Waals surface area (Å²) in [5.74, 6) is 1.03. The molecule has 0 radical (unpaired) electrons. The molecule has 7 nitrogen and oxygen atoms in total. The standard InChI is InChI=1S/C17H22N4O3/c1-3-23-11-5-6-15(24-4-2)14(9-11)19-17(22)16-12-10-18-8-7-13(12)20-21-16/h5-6,9,18H,3-4,7-8,10H2,1-2H3,(H,19,22)(H,20,21). The van der Waals surface area contributed by atoms with Crippen LogP contribution in [0, 0.1) is 0 Å². The minimum absolute atomic E-state index is 0.259. The summed E-state index contributed by atoms with van der Waals surface area (Å²) in [6, 6.07) is 5.39. The van der Waals surface area contributed by atoms with Crippen molar-refractivity contribution in [3.8, 4) is 11.5 Å². The van der Waals surface area contributed by atoms with Gasteiger partial charge >= 0.3 is 0 Å². The predicted molar refractivity (Wildman–Crippen MR) is 90.7 cm³/mol. The highest BCUT2D eigenvalue weighted by Gasteiger charge is 2.22. The van der Waals surface area contributed by atoms with Gasteiger partial charge in [0, 0.05) is 36.8 Å². The summed E-state index contributed by atoms with van der Waals surface area (Å²) in [4.78, 5) is 12.7. The molecular formula is C17H22N4O3. The molecule has 0 fully saturated rings. The van der Waals surface area contributed by atoms with Crippen LogP contribution in [0.25, 0.3) is 0 Å². The Kier molecular flexibility index (Phi) is 5.00. The first-order valence-corrected chi connectivity index (χ1v) is 8.20. The summed E-state index contributed by atoms with van der Waals surface area (Å²) < 4.78 is 11.1. The first-order chi connectivity index (χ1) is 11.7. The summed E-state index contributed by atoms with van der Waals surface area (Å²) in [6.45, 7) is 6.42. The smallest absolute Gasteiger partial charge is 0.276 e. The second-order valence-corrected chi connectivity index (χ2v) is 5.43. The number of H-pyrrole nitrogens is 1. The van der Waals surface area contributed by atoms with Gasteiger partial charge in [-0.3, -0.25) is 9.89 Å². The molecule has 0 saturated carbocycles. The van der Waals surface area contributed by atoms with Gasteiger partial charge in [-0.2, -0.15) is 5.10 Å². The number of nitrogens with zero attached hydrogens (tertiary/aromatic N) is 1. The molecule has 0 spiro atoms. The van der Waals surface area contributed by atoms with E-state index in [0.717, 1.165) is 24.2 Å². The molecule has 7 heteroatoms. The van der Waals surface area contributed by atoms with Gasteiger partial charge < -0.3 is 20.1 Å². The van der Waals surface area contributed by atoms with E-state index in [4.69, 9.17) is 9.47 Å². The maximum absolute atomic E-state index is 12.7. The number of anilines is 1. The molecule has 1 aliphatic heterocycles. The molecular weight excluding hydrogens is 308 g/mol. The number of carbonyl (C=O) groups excluding carboxylic acids is 1. The summed E-state index contributed by atoms with van der Waals surface area (Å²) in [5.41, 5.74) is 2.94. The first kappa shape index (κ1) is 16.3. The van der Waals surface area contributed by atoms with Crippen LogP contribution in [-0.2, 0) is 13.0 Å². The van der Waals surface area contributed by atoms with Gasteiger partial charge in [-0.05, 0) is 26.0 Å². The number of rotatable bonds is 6. The third-order valence-electron chi connectivity index (χ3n) is 3.83. The average molecular weight is 330 g/mol. The Morgan fingerprint density at radius 2 is 2.12 bits per heavy atom. The van der Waals surface area contributed by atoms with Crippen LogP contribution in [0.15, 0.2) is 18.2 Å². The Bertz CT molecular complexity index is 727. The van der Waals surface area contributed by atoms with E-state index in [-0.39, 0.29) is 5.91 Å². The van der Waals surface area contributed by atoms with Gasteiger partial charge in [0.05, 0.1) is 18.9 Å². The molecule has 0 unspecified atom stereocenters. The SMILES string of the molecule is CCOc1ccc(OCC)c(NC(=O)c2n[nH]c3c2CNCC3)c1. The zero-order chi connectivity index (χ0) is 16.9. The third-order valence-corrected chi connectivity index (χ3v) is 3.83. The fourth-order valence-corrected chi connectivity index (χ4v) is 2.74. The molecule has 0 bridgehead atoms. The second kappa shape index (κ2) is 7.35. The Morgan fingerprint density at radius 1 is 1.29 bits per heavy atom. The maximum atomic E-state index is 12.7. The van der Waals surface area contributed by atoms with Crippen molar-refractivity contribution >= 4 is 11.6 Å². The van der Waals surface area contributed by atoms with Gasteiger partial charge in [-0.25, -0.2) is 0 Å². The largest absolute Gasteiger partial charge is 0.494 e. The van der Waals surface area contributed by atoms with E-state index in [9.17, 15) is 4.79 Å². The summed E-state index contributed by atoms with van der Waals surface area (Å²) in [6.07, 6.45) is 0.847. The van der Waals surface area contributed by atoms with Crippen LogP contribution < -0.4 is 20.1 Å². The molecule has 128 valence electrons. The highest BCUT2D eigenvalue weighted by Crippen LogP contribution is 2.30. The lowest BCUT2D eigenvalue weighted by Gasteiger charge is -2.15. The minimum Gasteiger partial charge on any atom is -0.494 e. The van der Waals surface area contributed by atoms with E-state index in [1.807, 2.05) is 19.9 Å². The van der Waals surface area contributed by atoms with Crippen LogP contribution in [0.2, 0.25) is 0 Å². The molecule has 0 aliphatic carbocycles. The lowest BCUT2D eigenvalue weighted by Crippen LogP contribution is -2.25. The first-order valence-electron chi connectivity index (χ1n) is 8.20. The Labute approximate surface area is 140 Å². The van der Waals surface area contributed by atoms with Crippen molar-refractivity contribution in [2.75, 3.05) is 25.1 Å². The number of fused-ring (bicyclic) bond motifs is 1. The topological polar surface area (TPSA) is 88.3 Å². The van der Waals surface area contributed by atoms with Gasteiger partial charge in [0.15, 0.2) is 5.69 Å². The van der Waals surface area contributed by atoms with Gasteiger partial charge in [0.1, 0.15) is 11.5 Å². The van der Waals surface area contributed by atoms with Crippen molar-refractivity contribution in [3.63, 3.8) is 0 Å². The lowest BCUT2D eigenvalue weighted by atomic mass is 10.1. The highest BCUT2D eigenvalue weighted by atomic mass is 16.5. The molecule has 24 heavy (non-hydrogen) atoms. The molecule has 2 heterocycles. The Morgan fingerprint density at radius 3 is 2.92 bits per heavy atom. The average Bonchev–Trinajstić information content (AvgIpc) is 3.02. The molecule has 2 aromatic rings. The molecule has 3 rings (SSSR count). The number of ether oxygens (including phenoxy) is 2. The number of aromatic amines is 1. The lowest BCUT2D eigenvalue weighted by molar-refractivity contribution is 0.102. The molecule has 1 aromatic heterocycles. The number of carbonyl (C=O) groups is 1. The zero-order valence-electron chi connectivity index (χ0n) is 13.9. The second-order valence-electron chi connectivity index (χ2n) is 5.43. The Balaban J connectivity index is 1.85. The van der Waals surface area contributed by atoms with Crippen LogP contribution in [0.3, 0.4) is 0 Å². The molecule has 1 aliphatic rings. The monoisotopic (exact) mass is 330 g/mol. The van der Waals surface area contributed by atoms with E-state index in [1.165, 1.54) is 0 Å². The van der Waals surface area contributed by atoms with Crippen molar-refractivity contribution in [2.24, 2.45) is 0 Å². The molecule has 0 atom stereocenters. The van der Waals surface area contributed by atoms with Crippen LogP contribution in [0.4, 0.5) is 5.69 Å². The van der Waals surface area contributed by atoms with Crippen molar-refractivity contribution in [2.45, 2.75) is 26.8 Å². The fourth-order valence-electron chi connectivity index (χ4n) is 2.74. The highest BCUT2D eigenvalue weighted by molar-refractivity contribution is 6.05. The van der Waals surface area contributed by atoms with Gasteiger partial charge in [-0.1, -0.05) is 0 Å². The van der Waals surface area contributed by atoms with Crippen molar-refractivity contribution in [3.05, 3.63) is 35.2 Å². The number of hydrogen-bond acceptors (Lipinski definition) is 5. The molecule has 1 amide bonds. The maximum Gasteiger partial charge on any atom is 0.276 e. The normalized spacial score (nSPS) is 13.2. The van der Waals surface area contributed by atoms with E-state index in [0.29, 0.717) is 42.6 Å². The summed E-state index contributed by atoms with van der Waals surface area (Å²) >= 11 is 0. The number of nitrogens with one attached hydrogen (secondary N) is 3. The molecule has 1 aromatic carbocycles. The van der Waals surface area contributed by atoms with E-state index in [2.05, 4.69) is 20.8 Å². The van der Waals surface area contributed by atoms with Crippen molar-refractivity contribution in [1.82, 2.24) is 15.5 Å². The predicted octanol–water partition coefficient (Wildman–Crippen LogP) is 2.11. The van der Waals surface area contributed by atoms with Gasteiger partial charge in [0.25, 0.3) is 5.91 Å². The Hall–Kier alpha value is -2.54. The van der Waals surface area contributed by atoms with E-state index >= 15 is 0 Å². The van der Waals surface area contributed by atoms with Crippen LogP contribution in [0.5, 0.6) is 11.5 Å². The van der Waals surface area contributed by atoms with Gasteiger partial charge in [0.2, 0.25) is 0 Å². The summed E-state index contributed by atoms with van der Waals surface area (Å²) in [5, 5.41) is 13.3. The summed E-state index contributed by atoms with van der Waals surface area (Å²) in [7, 11) is 0. The molecule has 0 saturated heterocycles. The van der Waals surface area contributed by atoms with Crippen LogP contribution in [0.1, 0.15) is 35.6 Å². The third kappa shape index (κ3) is 3.35. The number of hydrogen-bond donors (Lipinski definition) is 3. The van der Waals surface area contributed by atoms with Gasteiger partial charge in [-0.15, -0.1) is 0 Å². The minimum atomic E-state index is -0.259. The van der Waals surface area contributed by atoms with Crippen molar-refractivity contribution in [1.29, 1.82) is 0 Å². The number of benzene rings is 1.